The van der Waals surface area contributed by atoms with Gasteiger partial charge in [-0.05, 0) is 37.3 Å². The Labute approximate surface area is 158 Å². The Bertz CT molecular complexity index is 932. The zero-order chi connectivity index (χ0) is 19.4. The summed E-state index contributed by atoms with van der Waals surface area (Å²) in [4.78, 5) is 12.6. The summed E-state index contributed by atoms with van der Waals surface area (Å²) in [6.07, 6.45) is -2.87. The number of hydrogen-bond acceptors (Lipinski definition) is 5. The van der Waals surface area contributed by atoms with Crippen molar-refractivity contribution in [2.75, 3.05) is 10.6 Å². The van der Waals surface area contributed by atoms with Gasteiger partial charge in [0.2, 0.25) is 0 Å². The summed E-state index contributed by atoms with van der Waals surface area (Å²) in [6.45, 7) is 2.08. The van der Waals surface area contributed by atoms with Crippen molar-refractivity contribution in [1.29, 1.82) is 0 Å². The number of rotatable bonds is 5. The lowest BCUT2D eigenvalue weighted by Gasteiger charge is -2.15. The summed E-state index contributed by atoms with van der Waals surface area (Å²) in [6, 6.07) is 10.6. The molecule has 1 aromatic carbocycles. The highest BCUT2D eigenvalue weighted by atomic mass is 35.5. The Balaban J connectivity index is 1.83. The van der Waals surface area contributed by atoms with Crippen LogP contribution in [0.1, 0.15) is 17.1 Å². The van der Waals surface area contributed by atoms with Crippen molar-refractivity contribution in [1.82, 2.24) is 15.0 Å². The molecule has 9 heteroatoms. The fraction of sp³-hybridized carbons (Fsp3) is 0.167. The van der Waals surface area contributed by atoms with Gasteiger partial charge in [0.1, 0.15) is 17.5 Å². The van der Waals surface area contributed by atoms with Gasteiger partial charge in [-0.2, -0.15) is 13.2 Å². The number of nitrogens with one attached hydrogen (secondary N) is 2. The van der Waals surface area contributed by atoms with Crippen molar-refractivity contribution < 1.29 is 13.2 Å². The van der Waals surface area contributed by atoms with E-state index in [1.165, 1.54) is 18.2 Å². The number of aromatic nitrogens is 3. The van der Waals surface area contributed by atoms with E-state index in [-0.39, 0.29) is 16.5 Å². The second kappa shape index (κ2) is 7.79. The molecule has 2 N–H and O–H groups in total. The third-order valence-electron chi connectivity index (χ3n) is 3.56. The molecule has 0 saturated heterocycles. The van der Waals surface area contributed by atoms with Gasteiger partial charge in [0, 0.05) is 17.3 Å². The van der Waals surface area contributed by atoms with E-state index in [4.69, 9.17) is 11.6 Å². The van der Waals surface area contributed by atoms with E-state index < -0.39 is 11.7 Å². The molecule has 0 aliphatic carbocycles. The number of nitrogens with zero attached hydrogens (tertiary/aromatic N) is 3. The van der Waals surface area contributed by atoms with E-state index in [2.05, 4.69) is 25.6 Å². The van der Waals surface area contributed by atoms with E-state index in [1.807, 2.05) is 18.2 Å². The van der Waals surface area contributed by atoms with Crippen molar-refractivity contribution in [3.8, 4) is 0 Å². The lowest BCUT2D eigenvalue weighted by Crippen LogP contribution is -2.10. The smallest absolute Gasteiger partial charge is 0.364 e. The second-order valence-electron chi connectivity index (χ2n) is 5.67. The van der Waals surface area contributed by atoms with Gasteiger partial charge in [0.15, 0.2) is 0 Å². The van der Waals surface area contributed by atoms with Crippen LogP contribution in [0.3, 0.4) is 0 Å². The average Bonchev–Trinajstić information content (AvgIpc) is 2.61. The average molecular weight is 394 g/mol. The summed E-state index contributed by atoms with van der Waals surface area (Å²) >= 11 is 5.71. The Morgan fingerprint density at radius 3 is 2.52 bits per heavy atom. The van der Waals surface area contributed by atoms with Crippen LogP contribution < -0.4 is 10.6 Å². The van der Waals surface area contributed by atoms with E-state index in [1.54, 1.807) is 13.1 Å². The van der Waals surface area contributed by atoms with Crippen molar-refractivity contribution in [3.05, 3.63) is 70.8 Å². The highest BCUT2D eigenvalue weighted by molar-refractivity contribution is 6.30. The summed E-state index contributed by atoms with van der Waals surface area (Å²) in [5.41, 5.74) is -0.199. The molecule has 0 atom stereocenters. The lowest BCUT2D eigenvalue weighted by atomic mass is 10.1. The van der Waals surface area contributed by atoms with Gasteiger partial charge < -0.3 is 10.6 Å². The van der Waals surface area contributed by atoms with Crippen molar-refractivity contribution in [2.24, 2.45) is 0 Å². The molecule has 0 amide bonds. The molecule has 2 aromatic heterocycles. The number of anilines is 3. The number of hydrogen-bond donors (Lipinski definition) is 2. The molecule has 3 aromatic rings. The normalized spacial score (nSPS) is 11.3. The van der Waals surface area contributed by atoms with Crippen LogP contribution in [-0.4, -0.2) is 15.0 Å². The van der Waals surface area contributed by atoms with Crippen LogP contribution in [-0.2, 0) is 12.7 Å². The minimum absolute atomic E-state index is 0.00413. The van der Waals surface area contributed by atoms with Gasteiger partial charge >= 0.3 is 6.18 Å². The first kappa shape index (κ1) is 18.9. The van der Waals surface area contributed by atoms with Gasteiger partial charge in [-0.3, -0.25) is 4.98 Å². The largest absolute Gasteiger partial charge is 0.418 e. The molecule has 0 spiro atoms. The zero-order valence-corrected chi connectivity index (χ0v) is 14.9. The molecule has 2 heterocycles. The maximum Gasteiger partial charge on any atom is 0.418 e. The van der Waals surface area contributed by atoms with Crippen LogP contribution in [0.15, 0.2) is 48.7 Å². The predicted molar refractivity (Wildman–Crippen MR) is 98.1 cm³/mol. The number of pyridine rings is 1. The number of alkyl halides is 3. The van der Waals surface area contributed by atoms with Gasteiger partial charge in [-0.15, -0.1) is 0 Å². The summed E-state index contributed by atoms with van der Waals surface area (Å²) < 4.78 is 39.7. The topological polar surface area (TPSA) is 62.7 Å². The van der Waals surface area contributed by atoms with Gasteiger partial charge in [-0.1, -0.05) is 17.7 Å². The quantitative estimate of drug-likeness (QED) is 0.623. The fourth-order valence-corrected chi connectivity index (χ4v) is 2.58. The first-order chi connectivity index (χ1) is 12.8. The maximum atomic E-state index is 13.2. The van der Waals surface area contributed by atoms with Crippen molar-refractivity contribution in [3.63, 3.8) is 0 Å². The minimum atomic E-state index is -4.55. The molecule has 0 bridgehead atoms. The third-order valence-corrected chi connectivity index (χ3v) is 3.80. The Kier molecular flexibility index (Phi) is 5.46. The number of benzene rings is 1. The summed E-state index contributed by atoms with van der Waals surface area (Å²) in [7, 11) is 0. The highest BCUT2D eigenvalue weighted by Gasteiger charge is 2.34. The molecule has 5 nitrogen and oxygen atoms in total. The predicted octanol–water partition coefficient (Wildman–Crippen LogP) is 5.21. The summed E-state index contributed by atoms with van der Waals surface area (Å²) in [5, 5.41) is 5.79. The van der Waals surface area contributed by atoms with Crippen molar-refractivity contribution >= 4 is 28.9 Å². The van der Waals surface area contributed by atoms with Gasteiger partial charge in [-0.25, -0.2) is 9.97 Å². The number of aryl methyl sites for hydroxylation is 1. The van der Waals surface area contributed by atoms with Crippen LogP contribution in [0.2, 0.25) is 5.02 Å². The van der Waals surface area contributed by atoms with Crippen LogP contribution in [0.5, 0.6) is 0 Å². The van der Waals surface area contributed by atoms with Gasteiger partial charge in [0.05, 0.1) is 23.5 Å². The number of halogens is 4. The van der Waals surface area contributed by atoms with Crippen LogP contribution in [0, 0.1) is 6.92 Å². The SMILES string of the molecule is Cc1nc(NCc2ccccn2)cc(Nc2ccc(Cl)cc2C(F)(F)F)n1. The fourth-order valence-electron chi connectivity index (χ4n) is 2.40. The molecule has 0 unspecified atom stereocenters. The first-order valence-corrected chi connectivity index (χ1v) is 8.32. The third kappa shape index (κ3) is 5.07. The molecule has 0 radical (unpaired) electrons. The molecule has 0 aliphatic rings. The summed E-state index contributed by atoms with van der Waals surface area (Å²) in [5.74, 6) is 1.11. The Hall–Kier alpha value is -2.87. The highest BCUT2D eigenvalue weighted by Crippen LogP contribution is 2.37. The van der Waals surface area contributed by atoms with Crippen molar-refractivity contribution in [2.45, 2.75) is 19.6 Å². The molecule has 140 valence electrons. The zero-order valence-electron chi connectivity index (χ0n) is 14.2. The van der Waals surface area contributed by atoms with Crippen LogP contribution >= 0.6 is 11.6 Å². The second-order valence-corrected chi connectivity index (χ2v) is 6.11. The molecular weight excluding hydrogens is 379 g/mol. The van der Waals surface area contributed by atoms with E-state index in [0.29, 0.717) is 18.2 Å². The molecule has 27 heavy (non-hydrogen) atoms. The standard InChI is InChI=1S/C18H15ClF3N5/c1-11-25-16(24-10-13-4-2-3-7-23-13)9-17(26-11)27-15-6-5-12(19)8-14(15)18(20,21)22/h2-9H,10H2,1H3,(H2,24,25,26,27). The molecule has 0 fully saturated rings. The molecule has 0 saturated carbocycles. The Morgan fingerprint density at radius 1 is 1.04 bits per heavy atom. The first-order valence-electron chi connectivity index (χ1n) is 7.94. The monoisotopic (exact) mass is 393 g/mol. The maximum absolute atomic E-state index is 13.2. The van der Waals surface area contributed by atoms with E-state index >= 15 is 0 Å². The molecule has 0 aliphatic heterocycles. The van der Waals surface area contributed by atoms with Crippen LogP contribution in [0.25, 0.3) is 0 Å². The van der Waals surface area contributed by atoms with E-state index in [9.17, 15) is 13.2 Å². The molecular formula is C18H15ClF3N5. The van der Waals surface area contributed by atoms with Gasteiger partial charge in [0.25, 0.3) is 0 Å². The van der Waals surface area contributed by atoms with Crippen LogP contribution in [0.4, 0.5) is 30.5 Å². The Morgan fingerprint density at radius 2 is 1.81 bits per heavy atom. The molecule has 3 rings (SSSR count). The van der Waals surface area contributed by atoms with E-state index in [0.717, 1.165) is 11.8 Å². The lowest BCUT2D eigenvalue weighted by molar-refractivity contribution is -0.136. The minimum Gasteiger partial charge on any atom is -0.364 e.